The molecule has 4 nitrogen and oxygen atoms in total. The maximum absolute atomic E-state index is 11.1. The third kappa shape index (κ3) is 4.90. The molecule has 2 rings (SSSR count). The molecule has 0 aromatic rings. The van der Waals surface area contributed by atoms with E-state index in [1.807, 2.05) is 11.8 Å². The molecule has 2 saturated heterocycles. The summed E-state index contributed by atoms with van der Waals surface area (Å²) in [5, 5.41) is 13.6. The average Bonchev–Trinajstić information content (AvgIpc) is 2.95. The van der Waals surface area contributed by atoms with Crippen molar-refractivity contribution in [2.24, 2.45) is 0 Å². The number of rotatable bonds is 4. The van der Waals surface area contributed by atoms with Crippen LogP contribution in [-0.4, -0.2) is 41.3 Å². The fraction of sp³-hybridized carbons (Fsp3) is 0.769. The number of hydrogen-bond acceptors (Lipinski definition) is 3. The molecule has 2 aliphatic rings. The second-order valence-corrected chi connectivity index (χ2v) is 5.39. The first-order chi connectivity index (χ1) is 8.81. The first-order valence-corrected chi connectivity index (χ1v) is 7.49. The lowest BCUT2D eigenvalue weighted by molar-refractivity contribution is 0.247. The number of fused-ring (bicyclic) bond motifs is 1. The van der Waals surface area contributed by atoms with Gasteiger partial charge in [-0.1, -0.05) is 26.2 Å². The number of urea groups is 1. The van der Waals surface area contributed by atoms with Crippen molar-refractivity contribution in [1.82, 2.24) is 10.6 Å². The van der Waals surface area contributed by atoms with Crippen molar-refractivity contribution >= 4 is 17.8 Å². The normalized spacial score (nSPS) is 27.9. The van der Waals surface area contributed by atoms with Crippen molar-refractivity contribution < 1.29 is 9.90 Å². The first-order valence-electron chi connectivity index (χ1n) is 6.44. The lowest BCUT2D eigenvalue weighted by Crippen LogP contribution is -2.36. The number of aliphatic hydroxyl groups excluding tert-OH is 1. The molecule has 0 radical (unpaired) electrons. The van der Waals surface area contributed by atoms with Crippen LogP contribution in [0.4, 0.5) is 4.79 Å². The number of thioether (sulfide) groups is 1. The monoisotopic (exact) mass is 274 g/mol. The van der Waals surface area contributed by atoms with Crippen molar-refractivity contribution in [3.05, 3.63) is 13.2 Å². The Hall–Kier alpha value is -0.680. The molecule has 0 aromatic carbocycles. The summed E-state index contributed by atoms with van der Waals surface area (Å²) in [5.41, 5.74) is 0. The van der Waals surface area contributed by atoms with Crippen LogP contribution < -0.4 is 10.6 Å². The van der Waals surface area contributed by atoms with Crippen LogP contribution in [0.25, 0.3) is 0 Å². The van der Waals surface area contributed by atoms with Gasteiger partial charge in [-0.25, -0.2) is 4.79 Å². The van der Waals surface area contributed by atoms with Gasteiger partial charge >= 0.3 is 6.03 Å². The molecule has 2 aliphatic heterocycles. The van der Waals surface area contributed by atoms with E-state index in [4.69, 9.17) is 5.11 Å². The molecule has 3 atom stereocenters. The van der Waals surface area contributed by atoms with Gasteiger partial charge < -0.3 is 15.7 Å². The summed E-state index contributed by atoms with van der Waals surface area (Å²) in [6.07, 6.45) is 5.14. The van der Waals surface area contributed by atoms with Crippen molar-refractivity contribution in [3.63, 3.8) is 0 Å². The highest BCUT2D eigenvalue weighted by Gasteiger charge is 2.42. The molecule has 2 fully saturated rings. The zero-order valence-electron chi connectivity index (χ0n) is 11.4. The summed E-state index contributed by atoms with van der Waals surface area (Å²) in [6, 6.07) is 0.810. The van der Waals surface area contributed by atoms with Crippen LogP contribution >= 0.6 is 11.8 Å². The number of carbonyl (C=O) groups is 1. The van der Waals surface area contributed by atoms with Gasteiger partial charge in [-0.05, 0) is 6.42 Å². The van der Waals surface area contributed by atoms with Crippen molar-refractivity contribution in [1.29, 1.82) is 0 Å². The topological polar surface area (TPSA) is 61.4 Å². The smallest absolute Gasteiger partial charge is 0.315 e. The maximum Gasteiger partial charge on any atom is 0.315 e. The van der Waals surface area contributed by atoms with Crippen LogP contribution in [0.15, 0.2) is 13.2 Å². The minimum atomic E-state index is 0.0285. The molecule has 0 spiro atoms. The van der Waals surface area contributed by atoms with Gasteiger partial charge in [0, 0.05) is 18.1 Å². The van der Waals surface area contributed by atoms with Gasteiger partial charge in [-0.2, -0.15) is 11.8 Å². The quantitative estimate of drug-likeness (QED) is 0.418. The number of amides is 2. The maximum atomic E-state index is 11.1. The summed E-state index contributed by atoms with van der Waals surface area (Å²) >= 11 is 2.01. The third-order valence-corrected chi connectivity index (χ3v) is 4.54. The Morgan fingerprint density at radius 3 is 2.61 bits per heavy atom. The SMILES string of the molecule is C=C.CCCCCC1SC[C@@H]2NC(=O)N[C@H]12.CO. The summed E-state index contributed by atoms with van der Waals surface area (Å²) in [4.78, 5) is 11.1. The predicted octanol–water partition coefficient (Wildman–Crippen LogP) is 2.14. The fourth-order valence-corrected chi connectivity index (χ4v) is 3.78. The molecule has 0 aromatic heterocycles. The van der Waals surface area contributed by atoms with E-state index in [1.165, 1.54) is 25.7 Å². The minimum Gasteiger partial charge on any atom is -0.400 e. The largest absolute Gasteiger partial charge is 0.400 e. The van der Waals surface area contributed by atoms with Crippen LogP contribution in [-0.2, 0) is 0 Å². The van der Waals surface area contributed by atoms with E-state index in [0.717, 1.165) is 12.9 Å². The standard InChI is InChI=1S/C10H18N2OS.C2H4.CH4O/c1-2-3-4-5-8-9-7(6-14-8)11-10(13)12-9;2*1-2/h7-9H,2-6H2,1H3,(H2,11,12,13);1-2H2;2H,1H3/t7-,8?,9-;;/m0../s1. The molecule has 3 N–H and O–H groups in total. The molecule has 0 aliphatic carbocycles. The summed E-state index contributed by atoms with van der Waals surface area (Å²) in [7, 11) is 1.00. The summed E-state index contributed by atoms with van der Waals surface area (Å²) in [5.74, 6) is 1.08. The Morgan fingerprint density at radius 1 is 1.33 bits per heavy atom. The second-order valence-electron chi connectivity index (χ2n) is 4.12. The van der Waals surface area contributed by atoms with Gasteiger partial charge in [-0.3, -0.25) is 0 Å². The van der Waals surface area contributed by atoms with Gasteiger partial charge in [0.25, 0.3) is 0 Å². The predicted molar refractivity (Wildman–Crippen MR) is 79.0 cm³/mol. The minimum absolute atomic E-state index is 0.0285. The average molecular weight is 274 g/mol. The number of hydrogen-bond donors (Lipinski definition) is 3. The van der Waals surface area contributed by atoms with Crippen LogP contribution in [0, 0.1) is 0 Å². The molecular weight excluding hydrogens is 248 g/mol. The Labute approximate surface area is 115 Å². The lowest BCUT2D eigenvalue weighted by atomic mass is 10.0. The molecule has 2 heterocycles. The highest BCUT2D eigenvalue weighted by molar-refractivity contribution is 8.00. The molecule has 0 saturated carbocycles. The van der Waals surface area contributed by atoms with Gasteiger partial charge in [0.2, 0.25) is 0 Å². The number of unbranched alkanes of at least 4 members (excludes halogenated alkanes) is 2. The van der Waals surface area contributed by atoms with E-state index in [9.17, 15) is 4.79 Å². The Bertz CT molecular complexity index is 239. The van der Waals surface area contributed by atoms with Crippen molar-refractivity contribution in [3.8, 4) is 0 Å². The van der Waals surface area contributed by atoms with E-state index in [1.54, 1.807) is 0 Å². The van der Waals surface area contributed by atoms with E-state index < -0.39 is 0 Å². The molecular formula is C13H26N2O2S. The Balaban J connectivity index is 0.000000659. The highest BCUT2D eigenvalue weighted by Crippen LogP contribution is 2.33. The van der Waals surface area contributed by atoms with Gasteiger partial charge in [-0.15, -0.1) is 13.2 Å². The van der Waals surface area contributed by atoms with E-state index >= 15 is 0 Å². The van der Waals surface area contributed by atoms with E-state index in [-0.39, 0.29) is 6.03 Å². The summed E-state index contributed by atoms with van der Waals surface area (Å²) < 4.78 is 0. The number of carbonyl (C=O) groups excluding carboxylic acids is 1. The zero-order chi connectivity index (χ0) is 14.0. The van der Waals surface area contributed by atoms with Gasteiger partial charge in [0.1, 0.15) is 0 Å². The van der Waals surface area contributed by atoms with Crippen molar-refractivity contribution in [2.75, 3.05) is 12.9 Å². The third-order valence-electron chi connectivity index (χ3n) is 3.03. The van der Waals surface area contributed by atoms with Gasteiger partial charge in [0.05, 0.1) is 12.1 Å². The molecule has 0 bridgehead atoms. The molecule has 1 unspecified atom stereocenters. The van der Waals surface area contributed by atoms with Crippen LogP contribution in [0.1, 0.15) is 32.6 Å². The Morgan fingerprint density at radius 2 is 2.00 bits per heavy atom. The molecule has 18 heavy (non-hydrogen) atoms. The van der Waals surface area contributed by atoms with E-state index in [0.29, 0.717) is 17.3 Å². The van der Waals surface area contributed by atoms with Crippen molar-refractivity contribution in [2.45, 2.75) is 49.9 Å². The highest BCUT2D eigenvalue weighted by atomic mass is 32.2. The zero-order valence-corrected chi connectivity index (χ0v) is 12.3. The van der Waals surface area contributed by atoms with Crippen LogP contribution in [0.3, 0.4) is 0 Å². The summed E-state index contributed by atoms with van der Waals surface area (Å²) in [6.45, 7) is 8.23. The van der Waals surface area contributed by atoms with Crippen LogP contribution in [0.2, 0.25) is 0 Å². The molecule has 2 amide bonds. The fourth-order valence-electron chi connectivity index (χ4n) is 2.24. The molecule has 106 valence electrons. The lowest BCUT2D eigenvalue weighted by Gasteiger charge is -2.16. The number of nitrogens with one attached hydrogen (secondary N) is 2. The molecule has 5 heteroatoms. The Kier molecular flexibility index (Phi) is 9.87. The van der Waals surface area contributed by atoms with Crippen LogP contribution in [0.5, 0.6) is 0 Å². The second kappa shape index (κ2) is 10.3. The first kappa shape index (κ1) is 17.3. The van der Waals surface area contributed by atoms with E-state index in [2.05, 4.69) is 30.7 Å². The number of aliphatic hydroxyl groups is 1. The van der Waals surface area contributed by atoms with Gasteiger partial charge in [0.15, 0.2) is 0 Å².